The average Bonchev–Trinajstić information content (AvgIpc) is 2.88. The van der Waals surface area contributed by atoms with Crippen LogP contribution >= 0.6 is 35.1 Å². The first-order chi connectivity index (χ1) is 10.2. The molecule has 0 aliphatic rings. The molecule has 11 heteroatoms. The largest absolute Gasteiger partial charge is 0.370 e. The quantitative estimate of drug-likeness (QED) is 0.218. The molecule has 0 radical (unpaired) electrons. The van der Waals surface area contributed by atoms with Gasteiger partial charge >= 0.3 is 0 Å². The number of aliphatic imine (C=N–C) groups is 2. The standard InChI is InChI=1S/C10H16N8S3/c1-19-9(15-6-11)14-3-2-4-20-5-7-16-10(21-18-7)17-8(12)13/h2-5H2,1H3,(H,14,15)(H4,12,13,16,17,18). The zero-order valence-corrected chi connectivity index (χ0v) is 13.9. The molecule has 0 aliphatic heterocycles. The molecule has 0 spiro atoms. The highest BCUT2D eigenvalue weighted by Crippen LogP contribution is 2.18. The van der Waals surface area contributed by atoms with Gasteiger partial charge in [-0.1, -0.05) is 11.8 Å². The number of amidine groups is 1. The van der Waals surface area contributed by atoms with E-state index in [0.29, 0.717) is 22.6 Å². The summed E-state index contributed by atoms with van der Waals surface area (Å²) in [5.74, 6) is 2.36. The van der Waals surface area contributed by atoms with Crippen LogP contribution < -0.4 is 16.8 Å². The van der Waals surface area contributed by atoms with Crippen molar-refractivity contribution in [2.75, 3.05) is 18.6 Å². The van der Waals surface area contributed by atoms with Gasteiger partial charge in [-0.2, -0.15) is 26.4 Å². The van der Waals surface area contributed by atoms with Gasteiger partial charge in [-0.05, 0) is 18.4 Å². The van der Waals surface area contributed by atoms with Crippen LogP contribution in [0.5, 0.6) is 0 Å². The van der Waals surface area contributed by atoms with Crippen LogP contribution in [0.25, 0.3) is 0 Å². The number of rotatable bonds is 7. The molecule has 1 aromatic rings. The van der Waals surface area contributed by atoms with Crippen LogP contribution in [0.1, 0.15) is 12.2 Å². The Kier molecular flexibility index (Phi) is 8.56. The number of guanidine groups is 1. The molecular weight excluding hydrogens is 328 g/mol. The van der Waals surface area contributed by atoms with Crippen molar-refractivity contribution in [1.82, 2.24) is 14.7 Å². The Bertz CT molecular complexity index is 529. The summed E-state index contributed by atoms with van der Waals surface area (Å²) >= 11 is 4.31. The second-order valence-corrected chi connectivity index (χ2v) is 6.19. The van der Waals surface area contributed by atoms with Gasteiger partial charge in [-0.25, -0.2) is 4.98 Å². The predicted octanol–water partition coefficient (Wildman–Crippen LogP) is 0.856. The lowest BCUT2D eigenvalue weighted by Gasteiger charge is -2.00. The molecule has 0 saturated carbocycles. The molecular formula is C10H16N8S3. The topological polar surface area (TPSA) is 138 Å². The highest BCUT2D eigenvalue weighted by Gasteiger charge is 2.03. The maximum Gasteiger partial charge on any atom is 0.232 e. The van der Waals surface area contributed by atoms with Crippen molar-refractivity contribution in [2.24, 2.45) is 21.5 Å². The molecule has 114 valence electrons. The molecule has 0 saturated heterocycles. The summed E-state index contributed by atoms with van der Waals surface area (Å²) in [5, 5.41) is 12.1. The van der Waals surface area contributed by atoms with Gasteiger partial charge in [0.1, 0.15) is 0 Å². The summed E-state index contributed by atoms with van der Waals surface area (Å²) in [4.78, 5) is 12.3. The van der Waals surface area contributed by atoms with Crippen molar-refractivity contribution in [3.63, 3.8) is 0 Å². The summed E-state index contributed by atoms with van der Waals surface area (Å²) in [5.41, 5.74) is 10.5. The lowest BCUT2D eigenvalue weighted by Crippen LogP contribution is -2.21. The maximum absolute atomic E-state index is 8.49. The molecule has 1 heterocycles. The molecule has 0 amide bonds. The number of thioether (sulfide) groups is 2. The van der Waals surface area contributed by atoms with E-state index in [9.17, 15) is 0 Å². The lowest BCUT2D eigenvalue weighted by molar-refractivity contribution is 0.938. The first-order valence-electron chi connectivity index (χ1n) is 5.89. The van der Waals surface area contributed by atoms with E-state index < -0.39 is 0 Å². The molecule has 0 atom stereocenters. The van der Waals surface area contributed by atoms with Gasteiger partial charge in [-0.3, -0.25) is 10.3 Å². The minimum atomic E-state index is -0.0150. The number of nitrogens with two attached hydrogens (primary N) is 2. The second-order valence-electron chi connectivity index (χ2n) is 3.56. The fraction of sp³-hybridized carbons (Fsp3) is 0.500. The number of hydrogen-bond acceptors (Lipinski definition) is 8. The van der Waals surface area contributed by atoms with Crippen molar-refractivity contribution in [3.8, 4) is 6.19 Å². The summed E-state index contributed by atoms with van der Waals surface area (Å²) in [6.45, 7) is 0.682. The Morgan fingerprint density at radius 3 is 3.00 bits per heavy atom. The Morgan fingerprint density at radius 1 is 1.52 bits per heavy atom. The molecule has 0 bridgehead atoms. The first kappa shape index (κ1) is 17.5. The SMILES string of the molecule is CSC(=NCCCSCc1nsc(N=C(N)N)n1)NC#N. The van der Waals surface area contributed by atoms with Crippen molar-refractivity contribution in [3.05, 3.63) is 5.82 Å². The van der Waals surface area contributed by atoms with Crippen LogP contribution in [0.2, 0.25) is 0 Å². The minimum Gasteiger partial charge on any atom is -0.370 e. The van der Waals surface area contributed by atoms with Crippen LogP contribution in [0.15, 0.2) is 9.98 Å². The second kappa shape index (κ2) is 10.3. The summed E-state index contributed by atoms with van der Waals surface area (Å²) in [7, 11) is 0. The van der Waals surface area contributed by atoms with Crippen LogP contribution in [0.4, 0.5) is 5.13 Å². The van der Waals surface area contributed by atoms with Gasteiger partial charge < -0.3 is 11.5 Å². The third-order valence-corrected chi connectivity index (χ3v) is 4.28. The Morgan fingerprint density at radius 2 is 2.33 bits per heavy atom. The van der Waals surface area contributed by atoms with Gasteiger partial charge in [0.2, 0.25) is 5.13 Å². The van der Waals surface area contributed by atoms with Crippen LogP contribution in [0.3, 0.4) is 0 Å². The van der Waals surface area contributed by atoms with Gasteiger partial charge in [-0.15, -0.1) is 0 Å². The van der Waals surface area contributed by atoms with Gasteiger partial charge in [0, 0.05) is 18.1 Å². The maximum atomic E-state index is 8.49. The van der Waals surface area contributed by atoms with E-state index in [0.717, 1.165) is 18.0 Å². The van der Waals surface area contributed by atoms with E-state index in [4.69, 9.17) is 16.7 Å². The Labute approximate surface area is 135 Å². The third-order valence-electron chi connectivity index (χ3n) is 1.97. The van der Waals surface area contributed by atoms with Crippen molar-refractivity contribution in [1.29, 1.82) is 5.26 Å². The van der Waals surface area contributed by atoms with E-state index in [2.05, 4.69) is 24.7 Å². The van der Waals surface area contributed by atoms with E-state index >= 15 is 0 Å². The molecule has 5 N–H and O–H groups in total. The molecule has 0 fully saturated rings. The molecule has 0 aliphatic carbocycles. The van der Waals surface area contributed by atoms with E-state index in [1.807, 2.05) is 12.4 Å². The summed E-state index contributed by atoms with van der Waals surface area (Å²) in [6, 6.07) is 0. The van der Waals surface area contributed by atoms with Gasteiger partial charge in [0.25, 0.3) is 0 Å². The zero-order chi connectivity index (χ0) is 15.5. The summed E-state index contributed by atoms with van der Waals surface area (Å²) in [6.07, 6.45) is 4.66. The number of nitrogens with zero attached hydrogens (tertiary/aromatic N) is 5. The normalized spacial score (nSPS) is 11.0. The van der Waals surface area contributed by atoms with Crippen molar-refractivity contribution in [2.45, 2.75) is 12.2 Å². The van der Waals surface area contributed by atoms with E-state index in [1.54, 1.807) is 11.8 Å². The van der Waals surface area contributed by atoms with Crippen molar-refractivity contribution >= 4 is 51.3 Å². The van der Waals surface area contributed by atoms with Crippen molar-refractivity contribution < 1.29 is 0 Å². The minimum absolute atomic E-state index is 0.0150. The monoisotopic (exact) mass is 344 g/mol. The fourth-order valence-corrected chi connectivity index (χ4v) is 3.00. The highest BCUT2D eigenvalue weighted by molar-refractivity contribution is 8.13. The first-order valence-corrected chi connectivity index (χ1v) is 9.04. The number of nitriles is 1. The zero-order valence-electron chi connectivity index (χ0n) is 11.4. The van der Waals surface area contributed by atoms with Crippen LogP contribution in [-0.2, 0) is 5.75 Å². The predicted molar refractivity (Wildman–Crippen MR) is 90.7 cm³/mol. The summed E-state index contributed by atoms with van der Waals surface area (Å²) < 4.78 is 4.17. The molecule has 1 rings (SSSR count). The average molecular weight is 344 g/mol. The lowest BCUT2D eigenvalue weighted by atomic mass is 10.5. The molecule has 21 heavy (non-hydrogen) atoms. The number of hydrogen-bond donors (Lipinski definition) is 3. The fourth-order valence-electron chi connectivity index (χ4n) is 1.17. The Balaban J connectivity index is 2.21. The molecule has 8 nitrogen and oxygen atoms in total. The molecule has 1 aromatic heterocycles. The van der Waals surface area contributed by atoms with Gasteiger partial charge in [0.15, 0.2) is 23.1 Å². The van der Waals surface area contributed by atoms with Crippen LogP contribution in [0, 0.1) is 11.5 Å². The van der Waals surface area contributed by atoms with Gasteiger partial charge in [0.05, 0.1) is 5.75 Å². The third kappa shape index (κ3) is 7.74. The van der Waals surface area contributed by atoms with E-state index in [-0.39, 0.29) is 5.96 Å². The number of aromatic nitrogens is 2. The highest BCUT2D eigenvalue weighted by atomic mass is 32.2. The van der Waals surface area contributed by atoms with Crippen LogP contribution in [-0.4, -0.2) is 39.0 Å². The van der Waals surface area contributed by atoms with E-state index in [1.165, 1.54) is 23.3 Å². The smallest absolute Gasteiger partial charge is 0.232 e. The number of nitrogens with one attached hydrogen (secondary N) is 1. The molecule has 0 unspecified atom stereocenters. The Hall–Kier alpha value is -1.51. The molecule has 0 aromatic carbocycles.